The average molecular weight is 436 g/mol. The molecule has 0 spiro atoms. The maximum Gasteiger partial charge on any atom is 0.142 e. The number of nitrogens with zero attached hydrogens (tertiary/aromatic N) is 5. The molecule has 4 N–H and O–H groups in total. The van der Waals surface area contributed by atoms with E-state index in [2.05, 4.69) is 37.1 Å². The van der Waals surface area contributed by atoms with Gasteiger partial charge in [0.25, 0.3) is 0 Å². The molecule has 1 unspecified atom stereocenters. The number of anilines is 2. The first-order valence-electron chi connectivity index (χ1n) is 11.5. The average Bonchev–Trinajstić information content (AvgIpc) is 3.31. The molecule has 0 amide bonds. The summed E-state index contributed by atoms with van der Waals surface area (Å²) in [4.78, 5) is 20.7. The summed E-state index contributed by atoms with van der Waals surface area (Å²) in [6.45, 7) is 7.22. The van der Waals surface area contributed by atoms with E-state index in [1.165, 1.54) is 12.8 Å². The van der Waals surface area contributed by atoms with E-state index in [1.54, 1.807) is 6.07 Å². The predicted octanol–water partition coefficient (Wildman–Crippen LogP) is 3.62. The smallest absolute Gasteiger partial charge is 0.142 e. The zero-order valence-electron chi connectivity index (χ0n) is 19.0. The van der Waals surface area contributed by atoms with E-state index in [1.807, 2.05) is 31.6 Å². The van der Waals surface area contributed by atoms with Crippen LogP contribution in [0.4, 0.5) is 11.5 Å². The van der Waals surface area contributed by atoms with Gasteiger partial charge in [0.05, 0.1) is 29.9 Å². The van der Waals surface area contributed by atoms with E-state index in [-0.39, 0.29) is 6.61 Å². The van der Waals surface area contributed by atoms with Crippen LogP contribution in [-0.2, 0) is 6.54 Å². The molecule has 8 heteroatoms. The van der Waals surface area contributed by atoms with Gasteiger partial charge in [0.1, 0.15) is 17.2 Å². The molecule has 1 fully saturated rings. The minimum Gasteiger partial charge on any atom is -0.394 e. The monoisotopic (exact) mass is 435 g/mol. The Morgan fingerprint density at radius 1 is 1.09 bits per heavy atom. The van der Waals surface area contributed by atoms with Crippen molar-refractivity contribution in [1.29, 1.82) is 0 Å². The molecule has 1 aliphatic heterocycles. The normalized spacial score (nSPS) is 16.3. The van der Waals surface area contributed by atoms with Crippen molar-refractivity contribution >= 4 is 22.5 Å². The Labute approximate surface area is 189 Å². The third-order valence-electron chi connectivity index (χ3n) is 6.13. The summed E-state index contributed by atoms with van der Waals surface area (Å²) in [7, 11) is 0. The fourth-order valence-corrected chi connectivity index (χ4v) is 4.19. The summed E-state index contributed by atoms with van der Waals surface area (Å²) in [5.41, 5.74) is 9.65. The fourth-order valence-electron chi connectivity index (χ4n) is 4.19. The maximum absolute atomic E-state index is 9.97. The fraction of sp³-hybridized carbons (Fsp3) is 0.500. The number of aliphatic hydroxyl groups excluding tert-OH is 1. The van der Waals surface area contributed by atoms with Crippen LogP contribution in [0, 0.1) is 0 Å². The van der Waals surface area contributed by atoms with E-state index in [0.29, 0.717) is 11.3 Å². The number of fused-ring (bicyclic) bond motifs is 1. The molecule has 0 aromatic carbocycles. The van der Waals surface area contributed by atoms with E-state index in [9.17, 15) is 5.11 Å². The zero-order chi connectivity index (χ0) is 22.6. The van der Waals surface area contributed by atoms with E-state index >= 15 is 0 Å². The molecular weight excluding hydrogens is 402 g/mol. The molecule has 1 saturated heterocycles. The lowest BCUT2D eigenvalue weighted by Gasteiger charge is -2.30. The Morgan fingerprint density at radius 3 is 2.50 bits per heavy atom. The third kappa shape index (κ3) is 5.14. The number of nitrogens with one attached hydrogen (secondary N) is 1. The minimum absolute atomic E-state index is 0.0237. The molecule has 3 aromatic rings. The van der Waals surface area contributed by atoms with Gasteiger partial charge in [-0.2, -0.15) is 0 Å². The van der Waals surface area contributed by atoms with Crippen molar-refractivity contribution in [2.24, 2.45) is 0 Å². The Bertz CT molecular complexity index is 1050. The number of nitrogen functional groups attached to an aromatic ring is 1. The minimum atomic E-state index is -0.448. The molecule has 3 aromatic heterocycles. The van der Waals surface area contributed by atoms with Crippen molar-refractivity contribution in [3.05, 3.63) is 36.5 Å². The number of nitrogens with two attached hydrogens (primary N) is 1. The summed E-state index contributed by atoms with van der Waals surface area (Å²) in [6.07, 6.45) is 11.0. The SMILES string of the molecule is CCCCC(C)(CO)Nc1cc(N)nc2cc(-c3cnc(CN4CCCC4)nc3)cnc12. The third-order valence-corrected chi connectivity index (χ3v) is 6.13. The number of hydrogen-bond acceptors (Lipinski definition) is 8. The Kier molecular flexibility index (Phi) is 6.81. The predicted molar refractivity (Wildman–Crippen MR) is 128 cm³/mol. The largest absolute Gasteiger partial charge is 0.394 e. The Hall–Kier alpha value is -2.84. The maximum atomic E-state index is 9.97. The molecule has 4 heterocycles. The van der Waals surface area contributed by atoms with Gasteiger partial charge in [-0.05, 0) is 45.3 Å². The van der Waals surface area contributed by atoms with Crippen LogP contribution in [-0.4, -0.2) is 55.2 Å². The van der Waals surface area contributed by atoms with Crippen molar-refractivity contribution in [3.8, 4) is 11.1 Å². The van der Waals surface area contributed by atoms with Gasteiger partial charge in [-0.1, -0.05) is 19.8 Å². The molecule has 0 saturated carbocycles. The molecule has 1 aliphatic rings. The molecule has 0 aliphatic carbocycles. The molecule has 32 heavy (non-hydrogen) atoms. The first kappa shape index (κ1) is 22.4. The van der Waals surface area contributed by atoms with Crippen LogP contribution >= 0.6 is 0 Å². The van der Waals surface area contributed by atoms with Crippen LogP contribution in [0.15, 0.2) is 30.7 Å². The molecular formula is C24H33N7O. The van der Waals surface area contributed by atoms with Gasteiger partial charge in [0.2, 0.25) is 0 Å². The van der Waals surface area contributed by atoms with Gasteiger partial charge in [-0.3, -0.25) is 9.88 Å². The summed E-state index contributed by atoms with van der Waals surface area (Å²) in [5, 5.41) is 13.4. The molecule has 4 rings (SSSR count). The lowest BCUT2D eigenvalue weighted by molar-refractivity contribution is 0.212. The second-order valence-corrected chi connectivity index (χ2v) is 9.00. The second kappa shape index (κ2) is 9.75. The van der Waals surface area contributed by atoms with Gasteiger partial charge in [0, 0.05) is 35.8 Å². The second-order valence-electron chi connectivity index (χ2n) is 9.00. The number of rotatable bonds is 9. The van der Waals surface area contributed by atoms with Crippen LogP contribution in [0.25, 0.3) is 22.2 Å². The molecule has 0 radical (unpaired) electrons. The summed E-state index contributed by atoms with van der Waals surface area (Å²) >= 11 is 0. The summed E-state index contributed by atoms with van der Waals surface area (Å²) in [6, 6.07) is 3.75. The molecule has 170 valence electrons. The van der Waals surface area contributed by atoms with Crippen molar-refractivity contribution in [1.82, 2.24) is 24.8 Å². The summed E-state index contributed by atoms with van der Waals surface area (Å²) < 4.78 is 0. The van der Waals surface area contributed by atoms with Gasteiger partial charge < -0.3 is 16.2 Å². The molecule has 8 nitrogen and oxygen atoms in total. The van der Waals surface area contributed by atoms with Crippen LogP contribution in [0.2, 0.25) is 0 Å². The topological polar surface area (TPSA) is 113 Å². The standard InChI is InChI=1S/C24H33N7O/c1-3-4-7-24(2,16-32)30-20-11-21(25)29-19-10-17(12-28-23(19)20)18-13-26-22(27-14-18)15-31-8-5-6-9-31/h10-14,32H,3-9,15-16H2,1-2H3,(H3,25,29,30). The van der Waals surface area contributed by atoms with Crippen LogP contribution in [0.5, 0.6) is 0 Å². The van der Waals surface area contributed by atoms with Crippen LogP contribution in [0.3, 0.4) is 0 Å². The van der Waals surface area contributed by atoms with Gasteiger partial charge in [0.15, 0.2) is 0 Å². The Morgan fingerprint density at radius 2 is 1.81 bits per heavy atom. The van der Waals surface area contributed by atoms with Gasteiger partial charge >= 0.3 is 0 Å². The van der Waals surface area contributed by atoms with Crippen molar-refractivity contribution in [2.75, 3.05) is 30.7 Å². The van der Waals surface area contributed by atoms with Crippen molar-refractivity contribution in [2.45, 2.75) is 58.0 Å². The number of hydrogen-bond donors (Lipinski definition) is 3. The van der Waals surface area contributed by atoms with Gasteiger partial charge in [-0.25, -0.2) is 15.0 Å². The zero-order valence-corrected chi connectivity index (χ0v) is 19.0. The highest BCUT2D eigenvalue weighted by Crippen LogP contribution is 2.30. The van der Waals surface area contributed by atoms with E-state index in [4.69, 9.17) is 5.73 Å². The highest BCUT2D eigenvalue weighted by molar-refractivity contribution is 5.91. The van der Waals surface area contributed by atoms with Crippen molar-refractivity contribution < 1.29 is 5.11 Å². The van der Waals surface area contributed by atoms with Gasteiger partial charge in [-0.15, -0.1) is 0 Å². The van der Waals surface area contributed by atoms with E-state index in [0.717, 1.165) is 67.1 Å². The number of pyridine rings is 2. The summed E-state index contributed by atoms with van der Waals surface area (Å²) in [5.74, 6) is 1.25. The first-order valence-corrected chi connectivity index (χ1v) is 11.5. The highest BCUT2D eigenvalue weighted by Gasteiger charge is 2.24. The number of aliphatic hydroxyl groups is 1. The number of likely N-dealkylation sites (tertiary alicyclic amines) is 1. The lowest BCUT2D eigenvalue weighted by Crippen LogP contribution is -2.38. The number of aromatic nitrogens is 4. The molecule has 0 bridgehead atoms. The highest BCUT2D eigenvalue weighted by atomic mass is 16.3. The van der Waals surface area contributed by atoms with Crippen LogP contribution in [0.1, 0.15) is 51.8 Å². The quantitative estimate of drug-likeness (QED) is 0.467. The first-order chi connectivity index (χ1) is 15.5. The van der Waals surface area contributed by atoms with Crippen LogP contribution < -0.4 is 11.1 Å². The van der Waals surface area contributed by atoms with Crippen molar-refractivity contribution in [3.63, 3.8) is 0 Å². The Balaban J connectivity index is 1.59. The number of unbranched alkanes of at least 4 members (excludes halogenated alkanes) is 1. The van der Waals surface area contributed by atoms with E-state index < -0.39 is 5.54 Å². The molecule has 1 atom stereocenters. The lowest BCUT2D eigenvalue weighted by atomic mass is 9.95.